The molecule has 0 spiro atoms. The van der Waals surface area contributed by atoms with Crippen molar-refractivity contribution in [3.05, 3.63) is 0 Å². The smallest absolute Gasteiger partial charge is 0.263 e. The van der Waals surface area contributed by atoms with Crippen molar-refractivity contribution in [3.8, 4) is 0 Å². The molecule has 3 N–H and O–H groups in total. The van der Waals surface area contributed by atoms with E-state index in [0.717, 1.165) is 0 Å². The van der Waals surface area contributed by atoms with E-state index in [1.807, 2.05) is 19.6 Å². The molecule has 7 heteroatoms. The van der Waals surface area contributed by atoms with Crippen molar-refractivity contribution in [2.75, 3.05) is 0 Å². The Bertz CT molecular complexity index is 153. The predicted octanol–water partition coefficient (Wildman–Crippen LogP) is 0.492. The molecule has 0 aliphatic carbocycles. The highest BCUT2D eigenvalue weighted by Gasteiger charge is 2.03. The summed E-state index contributed by atoms with van der Waals surface area (Å²) in [4.78, 5) is 8.66. The second-order valence-electron chi connectivity index (χ2n) is 2.62. The third-order valence-electron chi connectivity index (χ3n) is 0. The van der Waals surface area contributed by atoms with Gasteiger partial charge in [0.1, 0.15) is 0 Å². The Hall–Kier alpha value is 0.467. The minimum atomic E-state index is -3.83. The second-order valence-corrected chi connectivity index (χ2v) is 9.16. The molecule has 0 bridgehead atoms. The van der Waals surface area contributed by atoms with Crippen molar-refractivity contribution < 1.29 is 18.1 Å². The van der Waals surface area contributed by atoms with Crippen LogP contribution in [0.3, 0.4) is 0 Å². The molecule has 0 heterocycles. The molecule has 4 nitrogen and oxygen atoms in total. The summed E-state index contributed by atoms with van der Waals surface area (Å²) in [6, 6.07) is 0. The Kier molecular flexibility index (Phi) is 5.71. The van der Waals surface area contributed by atoms with E-state index in [0.29, 0.717) is 0 Å². The summed E-state index contributed by atoms with van der Waals surface area (Å²) in [5.74, 6) is 0. The van der Waals surface area contributed by atoms with E-state index in [4.69, 9.17) is 18.1 Å². The largest absolute Gasteiger partial charge is 0.433 e. The van der Waals surface area contributed by atoms with Gasteiger partial charge in [-0.1, -0.05) is 0 Å². The standard InChI is InChI=1S/C3H10OSi.H2O3S2/c2*1-5(2,3)4/h4H,1-3H3;(H2,1,2,3,4). The first kappa shape index (κ1) is 13.1. The summed E-state index contributed by atoms with van der Waals surface area (Å²) >= 11 is 3.47. The molecule has 0 saturated heterocycles. The fourth-order valence-electron chi connectivity index (χ4n) is 0. The SMILES string of the molecule is C[Si](C)(C)O.O=S(O)(O)=S. The summed E-state index contributed by atoms with van der Waals surface area (Å²) in [5.41, 5.74) is 0. The molecule has 10 heavy (non-hydrogen) atoms. The third kappa shape index (κ3) is 2170. The molecule has 0 aromatic heterocycles. The van der Waals surface area contributed by atoms with Gasteiger partial charge in [0.2, 0.25) is 0 Å². The topological polar surface area (TPSA) is 77.8 Å². The lowest BCUT2D eigenvalue weighted by molar-refractivity contribution is 0.450. The first-order valence-corrected chi connectivity index (χ1v) is 8.27. The van der Waals surface area contributed by atoms with Crippen LogP contribution in [0.15, 0.2) is 0 Å². The van der Waals surface area contributed by atoms with E-state index in [-0.39, 0.29) is 0 Å². The lowest BCUT2D eigenvalue weighted by Gasteiger charge is -2.00. The molecule has 0 aromatic carbocycles. The zero-order valence-electron chi connectivity index (χ0n) is 6.07. The van der Waals surface area contributed by atoms with Crippen LogP contribution in [0.4, 0.5) is 0 Å². The van der Waals surface area contributed by atoms with Crippen LogP contribution in [0, 0.1) is 0 Å². The zero-order chi connectivity index (χ0) is 9.00. The minimum Gasteiger partial charge on any atom is -0.433 e. The van der Waals surface area contributed by atoms with Crippen LogP contribution in [-0.2, 0) is 20.2 Å². The fourth-order valence-corrected chi connectivity index (χ4v) is 0. The number of hydrogen-bond acceptors (Lipinski definition) is 3. The quantitative estimate of drug-likeness (QED) is 0.501. The van der Waals surface area contributed by atoms with Gasteiger partial charge < -0.3 is 4.80 Å². The van der Waals surface area contributed by atoms with Crippen molar-refractivity contribution in [2.45, 2.75) is 19.6 Å². The highest BCUT2D eigenvalue weighted by molar-refractivity contribution is 8.26. The Morgan fingerprint density at radius 3 is 1.30 bits per heavy atom. The van der Waals surface area contributed by atoms with Gasteiger partial charge in [-0.25, -0.2) is 0 Å². The van der Waals surface area contributed by atoms with Crippen molar-refractivity contribution in [2.24, 2.45) is 0 Å². The van der Waals surface area contributed by atoms with E-state index in [9.17, 15) is 0 Å². The van der Waals surface area contributed by atoms with Gasteiger partial charge in [-0.2, -0.15) is 4.21 Å². The fraction of sp³-hybridized carbons (Fsp3) is 1.00. The highest BCUT2D eigenvalue weighted by Crippen LogP contribution is 1.88. The Morgan fingerprint density at radius 1 is 1.30 bits per heavy atom. The maximum Gasteiger partial charge on any atom is 0.263 e. The molecule has 0 aliphatic heterocycles. The lowest BCUT2D eigenvalue weighted by Crippen LogP contribution is -2.17. The van der Waals surface area contributed by atoms with Crippen LogP contribution < -0.4 is 0 Å². The lowest BCUT2D eigenvalue weighted by atomic mass is 11.8. The van der Waals surface area contributed by atoms with Crippen molar-refractivity contribution >= 4 is 28.6 Å². The molecule has 0 atom stereocenters. The number of hydrogen-bond donors (Lipinski definition) is 3. The summed E-state index contributed by atoms with van der Waals surface area (Å²) in [7, 11) is -5.44. The number of rotatable bonds is 0. The Morgan fingerprint density at radius 2 is 1.30 bits per heavy atom. The van der Waals surface area contributed by atoms with Gasteiger partial charge >= 0.3 is 0 Å². The molecular weight excluding hydrogens is 192 g/mol. The summed E-state index contributed by atoms with van der Waals surface area (Å²) in [6.07, 6.45) is 0. The molecule has 0 aliphatic rings. The van der Waals surface area contributed by atoms with Gasteiger partial charge in [-0.3, -0.25) is 9.11 Å². The third-order valence-corrected chi connectivity index (χ3v) is 0. The van der Waals surface area contributed by atoms with Crippen LogP contribution in [0.1, 0.15) is 0 Å². The van der Waals surface area contributed by atoms with Gasteiger partial charge in [0.15, 0.2) is 8.32 Å². The monoisotopic (exact) mass is 204 g/mol. The van der Waals surface area contributed by atoms with Gasteiger partial charge in [0, 0.05) is 11.2 Å². The summed E-state index contributed by atoms with van der Waals surface area (Å²) in [5, 5.41) is 0. The molecule has 0 amide bonds. The maximum absolute atomic E-state index is 9.11. The highest BCUT2D eigenvalue weighted by atomic mass is 32.9. The van der Waals surface area contributed by atoms with E-state index in [1.54, 1.807) is 0 Å². The van der Waals surface area contributed by atoms with Crippen molar-refractivity contribution in [3.63, 3.8) is 0 Å². The van der Waals surface area contributed by atoms with E-state index in [1.165, 1.54) is 0 Å². The van der Waals surface area contributed by atoms with E-state index in [2.05, 4.69) is 11.2 Å². The second kappa shape index (κ2) is 4.37. The molecular formula is C3H12O4S2Si. The maximum atomic E-state index is 9.11. The first-order chi connectivity index (χ1) is 4.00. The van der Waals surface area contributed by atoms with Crippen molar-refractivity contribution in [1.29, 1.82) is 0 Å². The van der Waals surface area contributed by atoms with Gasteiger partial charge in [0.05, 0.1) is 0 Å². The van der Waals surface area contributed by atoms with Crippen molar-refractivity contribution in [1.82, 2.24) is 0 Å². The first-order valence-electron chi connectivity index (χ1n) is 2.42. The molecule has 0 aromatic rings. The Balaban J connectivity index is 0. The van der Waals surface area contributed by atoms with Gasteiger partial charge in [-0.15, -0.1) is 0 Å². The van der Waals surface area contributed by atoms with Gasteiger partial charge in [-0.05, 0) is 19.6 Å². The molecule has 0 rings (SSSR count). The van der Waals surface area contributed by atoms with Crippen LogP contribution in [0.2, 0.25) is 19.6 Å². The molecule has 0 fully saturated rings. The van der Waals surface area contributed by atoms with Crippen LogP contribution in [-0.4, -0.2) is 26.4 Å². The predicted molar refractivity (Wildman–Crippen MR) is 46.3 cm³/mol. The van der Waals surface area contributed by atoms with E-state index < -0.39 is 17.4 Å². The average molecular weight is 204 g/mol. The van der Waals surface area contributed by atoms with Crippen LogP contribution in [0.25, 0.3) is 0 Å². The van der Waals surface area contributed by atoms with Gasteiger partial charge in [0.25, 0.3) is 9.05 Å². The Labute approximate surface area is 66.7 Å². The average Bonchev–Trinajstić information content (AvgIpc) is 1.12. The zero-order valence-corrected chi connectivity index (χ0v) is 8.70. The molecule has 0 saturated carbocycles. The van der Waals surface area contributed by atoms with Crippen LogP contribution >= 0.6 is 0 Å². The summed E-state index contributed by atoms with van der Waals surface area (Å²) in [6.45, 7) is 5.65. The normalized spacial score (nSPS) is 11.8. The van der Waals surface area contributed by atoms with E-state index >= 15 is 0 Å². The molecule has 64 valence electrons. The molecule has 0 radical (unpaired) electrons. The van der Waals surface area contributed by atoms with Crippen LogP contribution in [0.5, 0.6) is 0 Å². The minimum absolute atomic E-state index is 1.61. The molecule has 0 unspecified atom stereocenters. The summed E-state index contributed by atoms with van der Waals surface area (Å²) < 4.78 is 24.0.